The minimum Gasteiger partial charge on any atom is -0.497 e. The number of methoxy groups -OCH3 is 2. The molecule has 0 aliphatic carbocycles. The summed E-state index contributed by atoms with van der Waals surface area (Å²) in [5.74, 6) is 0.961. The Hall–Kier alpha value is -4.40. The van der Waals surface area contributed by atoms with Crippen LogP contribution in [-0.2, 0) is 61.2 Å². The molecule has 4 aliphatic rings. The van der Waals surface area contributed by atoms with E-state index in [1.165, 1.54) is 0 Å². The average Bonchev–Trinajstić information content (AvgIpc) is 4.10. The van der Waals surface area contributed by atoms with Crippen LogP contribution in [0.25, 0.3) is 0 Å². The number of ether oxygens (including phenoxy) is 9. The number of carbonyl (C=O) groups excluding carboxylic acids is 1. The van der Waals surface area contributed by atoms with Gasteiger partial charge in [-0.2, -0.15) is 5.26 Å². The molecule has 4 aliphatic heterocycles. The monoisotopic (exact) mass is 947 g/mol. The SMILES string of the molecule is [B][C@@H]1O[C@@]2(COC(c3ccccc3)(c3ccc(OC)cc3)c3ccc(OC)cc3)COC1C2OCc1cn(C[C@]23COC(C2OP(CC(=O)OC(C)(C)CC#N)N(C(C)C)C(C)C)[C@H]([B])O3)nn1. The highest BCUT2D eigenvalue weighted by atomic mass is 31.2. The molecule has 1 aromatic heterocycles. The Labute approximate surface area is 402 Å². The molecule has 4 aromatic rings. The Bertz CT molecular complexity index is 2320. The Morgan fingerprint density at radius 2 is 1.43 bits per heavy atom. The first-order chi connectivity index (χ1) is 32.6. The molecule has 5 heterocycles. The minimum absolute atomic E-state index is 0.0259. The van der Waals surface area contributed by atoms with Gasteiger partial charge >= 0.3 is 5.97 Å². The molecule has 4 radical (unpaired) electrons. The lowest BCUT2D eigenvalue weighted by Crippen LogP contribution is -2.49. The summed E-state index contributed by atoms with van der Waals surface area (Å²) in [6.45, 7) is 12.3. The van der Waals surface area contributed by atoms with Gasteiger partial charge in [0.15, 0.2) is 0 Å². The van der Waals surface area contributed by atoms with Crippen LogP contribution >= 0.6 is 8.30 Å². The number of aromatic nitrogens is 3. The van der Waals surface area contributed by atoms with Crippen LogP contribution in [-0.4, -0.2) is 147 Å². The van der Waals surface area contributed by atoms with Crippen LogP contribution in [0, 0.1) is 11.3 Å². The summed E-state index contributed by atoms with van der Waals surface area (Å²) in [6.07, 6.45) is -0.607. The van der Waals surface area contributed by atoms with Gasteiger partial charge in [-0.05, 0) is 82.5 Å². The van der Waals surface area contributed by atoms with Crippen LogP contribution in [0.5, 0.6) is 11.5 Å². The van der Waals surface area contributed by atoms with E-state index >= 15 is 0 Å². The second-order valence-electron chi connectivity index (χ2n) is 19.0. The lowest BCUT2D eigenvalue weighted by atomic mass is 9.79. The van der Waals surface area contributed by atoms with Gasteiger partial charge < -0.3 is 47.2 Å². The number of nitrogens with zero attached hydrogens (tertiary/aromatic N) is 5. The van der Waals surface area contributed by atoms with Crippen molar-refractivity contribution in [2.45, 2.75) is 132 Å². The minimum atomic E-state index is -1.59. The molecule has 19 heteroatoms. The molecular weight excluding hydrogens is 887 g/mol. The van der Waals surface area contributed by atoms with Gasteiger partial charge in [-0.3, -0.25) is 9.46 Å². The van der Waals surface area contributed by atoms with Crippen molar-refractivity contribution in [3.05, 3.63) is 107 Å². The van der Waals surface area contributed by atoms with E-state index in [1.54, 1.807) is 38.9 Å². The lowest BCUT2D eigenvalue weighted by molar-refractivity contribution is -0.169. The Morgan fingerprint density at radius 3 is 1.99 bits per heavy atom. The highest BCUT2D eigenvalue weighted by Crippen LogP contribution is 2.53. The average molecular weight is 948 g/mol. The normalized spacial score (nSPS) is 27.0. The third-order valence-corrected chi connectivity index (χ3v) is 15.3. The van der Waals surface area contributed by atoms with Crippen molar-refractivity contribution in [3.8, 4) is 17.6 Å². The molecule has 4 fully saturated rings. The van der Waals surface area contributed by atoms with Crippen LogP contribution in [0.1, 0.15) is 70.3 Å². The first kappa shape index (κ1) is 50.0. The molecule has 5 unspecified atom stereocenters. The fourth-order valence-corrected chi connectivity index (χ4v) is 12.1. The fourth-order valence-electron chi connectivity index (χ4n) is 9.89. The van der Waals surface area contributed by atoms with Crippen LogP contribution < -0.4 is 9.47 Å². The molecule has 0 N–H and O–H groups in total. The molecule has 0 saturated carbocycles. The number of carbonyl (C=O) groups is 1. The van der Waals surface area contributed by atoms with Gasteiger partial charge in [0, 0.05) is 24.1 Å². The maximum atomic E-state index is 13.4. The van der Waals surface area contributed by atoms with Gasteiger partial charge in [0.05, 0.1) is 65.9 Å². The van der Waals surface area contributed by atoms with Crippen molar-refractivity contribution in [1.29, 1.82) is 5.26 Å². The first-order valence-corrected chi connectivity index (χ1v) is 24.4. The number of nitriles is 1. The van der Waals surface area contributed by atoms with E-state index in [1.807, 2.05) is 78.9 Å². The summed E-state index contributed by atoms with van der Waals surface area (Å²) in [6, 6.07) is 26.3. The molecule has 358 valence electrons. The molecule has 9 atom stereocenters. The van der Waals surface area contributed by atoms with E-state index in [0.717, 1.165) is 16.7 Å². The molecule has 8 rings (SSSR count). The molecule has 3 aromatic carbocycles. The number of hydrogen-bond acceptors (Lipinski definition) is 15. The quantitative estimate of drug-likeness (QED) is 0.0415. The number of fused-ring (bicyclic) bond motifs is 4. The predicted octanol–water partition coefficient (Wildman–Crippen LogP) is 5.57. The van der Waals surface area contributed by atoms with Crippen molar-refractivity contribution >= 4 is 30.0 Å². The van der Waals surface area contributed by atoms with Crippen LogP contribution in [0.15, 0.2) is 85.1 Å². The molecule has 16 nitrogen and oxygen atoms in total. The van der Waals surface area contributed by atoms with Crippen LogP contribution in [0.3, 0.4) is 0 Å². The molecule has 4 bridgehead atoms. The zero-order chi connectivity index (χ0) is 48.4. The number of benzene rings is 3. The van der Waals surface area contributed by atoms with Gasteiger partial charge in [0.1, 0.15) is 94.2 Å². The van der Waals surface area contributed by atoms with E-state index in [4.69, 9.17) is 62.8 Å². The zero-order valence-corrected chi connectivity index (χ0v) is 40.9. The van der Waals surface area contributed by atoms with Crippen molar-refractivity contribution in [1.82, 2.24) is 19.7 Å². The summed E-state index contributed by atoms with van der Waals surface area (Å²) < 4.78 is 67.0. The van der Waals surface area contributed by atoms with Crippen molar-refractivity contribution < 1.29 is 52.0 Å². The Balaban J connectivity index is 1.01. The van der Waals surface area contributed by atoms with Crippen LogP contribution in [0.2, 0.25) is 0 Å². The summed E-state index contributed by atoms with van der Waals surface area (Å²) in [5.41, 5.74) is -1.03. The van der Waals surface area contributed by atoms with E-state index in [2.05, 4.69) is 48.7 Å². The van der Waals surface area contributed by atoms with Crippen molar-refractivity contribution in [2.75, 3.05) is 40.2 Å². The summed E-state index contributed by atoms with van der Waals surface area (Å²) in [5, 5.41) is 18.2. The molecule has 68 heavy (non-hydrogen) atoms. The highest BCUT2D eigenvalue weighted by Gasteiger charge is 2.63. The van der Waals surface area contributed by atoms with Crippen LogP contribution in [0.4, 0.5) is 0 Å². The number of rotatable bonds is 22. The number of hydrogen-bond donors (Lipinski definition) is 0. The Kier molecular flexibility index (Phi) is 15.1. The van der Waals surface area contributed by atoms with Gasteiger partial charge in [-0.1, -0.05) is 59.8 Å². The second kappa shape index (κ2) is 20.5. The third-order valence-electron chi connectivity index (χ3n) is 12.9. The smallest absolute Gasteiger partial charge is 0.314 e. The van der Waals surface area contributed by atoms with E-state index in [9.17, 15) is 10.1 Å². The topological polar surface area (TPSA) is 167 Å². The summed E-state index contributed by atoms with van der Waals surface area (Å²) in [7, 11) is 14.8. The predicted molar refractivity (Wildman–Crippen MR) is 252 cm³/mol. The lowest BCUT2D eigenvalue weighted by Gasteiger charge is -2.40. The maximum absolute atomic E-state index is 13.4. The summed E-state index contributed by atoms with van der Waals surface area (Å²) in [4.78, 5) is 13.4. The second-order valence-corrected chi connectivity index (χ2v) is 20.6. The highest BCUT2D eigenvalue weighted by molar-refractivity contribution is 7.51. The standard InChI is InChI=1S/C49H60B2N5O11P/c1-31(2)56(32(3)4)68(26-39(57)64-46(5,6)22-23-52)67-43-41-45(51)65-47(43,28-61-41)27-55-24-36(53-54-55)25-60-42-40-44(50)66-48(42,29-62-40)30-63-49(33-12-10-9-11-13-33,34-14-18-37(58-7)19-15-34)35-16-20-38(59-8)21-17-35/h9-21,24,31-32,40-45H,22,25-30H2,1-8H3/t40?,41?,42?,43?,44-,45-,47+,48-,68?/m1/s1. The molecule has 4 saturated heterocycles. The van der Waals surface area contributed by atoms with Gasteiger partial charge in [0.25, 0.3) is 0 Å². The number of esters is 1. The maximum Gasteiger partial charge on any atom is 0.314 e. The largest absolute Gasteiger partial charge is 0.497 e. The fraction of sp³-hybridized carbons (Fsp3) is 0.551. The summed E-state index contributed by atoms with van der Waals surface area (Å²) >= 11 is 0. The van der Waals surface area contributed by atoms with E-state index in [0.29, 0.717) is 17.2 Å². The molecular formula is C49H60B2N5O11P. The molecule has 0 spiro atoms. The van der Waals surface area contributed by atoms with Gasteiger partial charge in [0.2, 0.25) is 0 Å². The first-order valence-electron chi connectivity index (χ1n) is 23.0. The van der Waals surface area contributed by atoms with E-state index < -0.39 is 73.1 Å². The van der Waals surface area contributed by atoms with Crippen molar-refractivity contribution in [2.24, 2.45) is 0 Å². The van der Waals surface area contributed by atoms with Gasteiger partial charge in [-0.25, -0.2) is 4.68 Å². The van der Waals surface area contributed by atoms with Crippen molar-refractivity contribution in [3.63, 3.8) is 0 Å². The van der Waals surface area contributed by atoms with Gasteiger partial charge in [-0.15, -0.1) is 5.10 Å². The third kappa shape index (κ3) is 9.97. The molecule has 0 amide bonds. The Morgan fingerprint density at radius 1 is 0.868 bits per heavy atom. The zero-order valence-electron chi connectivity index (χ0n) is 40.0. The van der Waals surface area contributed by atoms with E-state index in [-0.39, 0.29) is 57.6 Å².